The molecule has 0 bridgehead atoms. The molecule has 5 rings (SSSR count). The second-order valence-corrected chi connectivity index (χ2v) is 8.17. The molecule has 1 saturated heterocycles. The number of hydrogen-bond acceptors (Lipinski definition) is 8. The summed E-state index contributed by atoms with van der Waals surface area (Å²) in [6.07, 6.45) is -0.592. The zero-order valence-electron chi connectivity index (χ0n) is 16.3. The largest absolute Gasteiger partial charge is 0.497 e. The topological polar surface area (TPSA) is 100 Å². The molecular formula is C20H21NO7. The molecule has 3 atom stereocenters. The molecule has 1 fully saturated rings. The average molecular weight is 387 g/mol. The summed E-state index contributed by atoms with van der Waals surface area (Å²) >= 11 is 0. The van der Waals surface area contributed by atoms with E-state index in [0.717, 1.165) is 0 Å². The number of ether oxygens (including phenoxy) is 4. The number of carbonyl (C=O) groups is 1. The van der Waals surface area contributed by atoms with Gasteiger partial charge in [0.15, 0.2) is 11.4 Å². The second kappa shape index (κ2) is 5.14. The van der Waals surface area contributed by atoms with Gasteiger partial charge in [0, 0.05) is 18.1 Å². The molecule has 1 aromatic heterocycles. The van der Waals surface area contributed by atoms with E-state index < -0.39 is 28.9 Å². The number of aliphatic hydroxyl groups is 1. The summed E-state index contributed by atoms with van der Waals surface area (Å²) in [6, 6.07) is 3.24. The Hall–Kier alpha value is -2.42. The maximum absolute atomic E-state index is 13.7. The molecule has 8 nitrogen and oxygen atoms in total. The fraction of sp³-hybridized carbons (Fsp3) is 0.500. The lowest BCUT2D eigenvalue weighted by Crippen LogP contribution is -2.60. The van der Waals surface area contributed by atoms with Crippen molar-refractivity contribution in [2.75, 3.05) is 14.2 Å². The molecule has 0 spiro atoms. The Bertz CT molecular complexity index is 1030. The van der Waals surface area contributed by atoms with Gasteiger partial charge in [0.25, 0.3) is 0 Å². The maximum Gasteiger partial charge on any atom is 0.202 e. The monoisotopic (exact) mass is 387 g/mol. The van der Waals surface area contributed by atoms with Crippen LogP contribution in [-0.4, -0.2) is 47.8 Å². The minimum absolute atomic E-state index is 0.239. The molecule has 0 saturated carbocycles. The molecule has 148 valence electrons. The highest BCUT2D eigenvalue weighted by Crippen LogP contribution is 2.58. The molecule has 0 unspecified atom stereocenters. The highest BCUT2D eigenvalue weighted by atomic mass is 16.8. The Morgan fingerprint density at radius 2 is 1.96 bits per heavy atom. The number of nitrogens with zero attached hydrogens (tertiary/aromatic N) is 1. The van der Waals surface area contributed by atoms with Crippen LogP contribution in [0.15, 0.2) is 16.7 Å². The molecule has 1 aromatic carbocycles. The second-order valence-electron chi connectivity index (χ2n) is 8.17. The molecule has 8 heteroatoms. The van der Waals surface area contributed by atoms with E-state index in [1.54, 1.807) is 26.0 Å². The minimum Gasteiger partial charge on any atom is -0.497 e. The number of aromatic nitrogens is 1. The summed E-state index contributed by atoms with van der Waals surface area (Å²) < 4.78 is 28.5. The van der Waals surface area contributed by atoms with Crippen molar-refractivity contribution in [2.45, 2.75) is 50.3 Å². The zero-order valence-corrected chi connectivity index (χ0v) is 16.3. The Labute approximate surface area is 161 Å². The van der Waals surface area contributed by atoms with Crippen molar-refractivity contribution < 1.29 is 33.4 Å². The van der Waals surface area contributed by atoms with Crippen LogP contribution in [-0.2, 0) is 21.5 Å². The van der Waals surface area contributed by atoms with Gasteiger partial charge in [-0.25, -0.2) is 0 Å². The Morgan fingerprint density at radius 1 is 1.21 bits per heavy atom. The highest BCUT2D eigenvalue weighted by Gasteiger charge is 2.69. The number of fused-ring (bicyclic) bond motifs is 4. The number of benzene rings is 1. The first-order valence-corrected chi connectivity index (χ1v) is 9.05. The van der Waals surface area contributed by atoms with Gasteiger partial charge in [-0.2, -0.15) is 0 Å². The molecule has 1 N–H and O–H groups in total. The van der Waals surface area contributed by atoms with Crippen LogP contribution in [0.4, 0.5) is 0 Å². The fourth-order valence-corrected chi connectivity index (χ4v) is 4.89. The SMILES string of the molecule is COc1cc(OC)c2c(c1)C(=O)[C@@]1(O)c3c-2noc3C[C@@]2(C)OC(C)(C)O[C@H]21. The molecule has 2 aromatic rings. The van der Waals surface area contributed by atoms with Gasteiger partial charge in [-0.15, -0.1) is 0 Å². The van der Waals surface area contributed by atoms with Crippen molar-refractivity contribution in [1.29, 1.82) is 0 Å². The molecule has 0 radical (unpaired) electrons. The predicted molar refractivity (Wildman–Crippen MR) is 95.4 cm³/mol. The lowest BCUT2D eigenvalue weighted by Gasteiger charge is -2.44. The molecule has 28 heavy (non-hydrogen) atoms. The summed E-state index contributed by atoms with van der Waals surface area (Å²) in [6.45, 7) is 5.33. The summed E-state index contributed by atoms with van der Waals surface area (Å²) in [5, 5.41) is 16.0. The number of rotatable bonds is 2. The third kappa shape index (κ3) is 1.95. The maximum atomic E-state index is 13.7. The van der Waals surface area contributed by atoms with E-state index >= 15 is 0 Å². The van der Waals surface area contributed by atoms with Gasteiger partial charge in [0.05, 0.1) is 25.3 Å². The fourth-order valence-electron chi connectivity index (χ4n) is 4.89. The van der Waals surface area contributed by atoms with Crippen LogP contribution >= 0.6 is 0 Å². The van der Waals surface area contributed by atoms with Gasteiger partial charge in [0.2, 0.25) is 5.78 Å². The first kappa shape index (κ1) is 17.7. The number of carbonyl (C=O) groups excluding carboxylic acids is 1. The van der Waals surface area contributed by atoms with E-state index in [9.17, 15) is 9.90 Å². The lowest BCUT2D eigenvalue weighted by atomic mass is 9.65. The van der Waals surface area contributed by atoms with Crippen LogP contribution in [0, 0.1) is 0 Å². The Balaban J connectivity index is 1.82. The van der Waals surface area contributed by atoms with Crippen molar-refractivity contribution in [2.24, 2.45) is 0 Å². The third-order valence-corrected chi connectivity index (χ3v) is 5.83. The number of Topliss-reactive ketones (excluding diaryl/α,β-unsaturated/α-hetero) is 1. The van der Waals surface area contributed by atoms with Crippen molar-refractivity contribution >= 4 is 5.78 Å². The van der Waals surface area contributed by atoms with E-state index in [1.165, 1.54) is 14.2 Å². The quantitative estimate of drug-likeness (QED) is 0.837. The van der Waals surface area contributed by atoms with Crippen molar-refractivity contribution in [3.8, 4) is 22.8 Å². The van der Waals surface area contributed by atoms with Gasteiger partial charge in [0.1, 0.15) is 34.7 Å². The molecule has 1 aliphatic heterocycles. The summed E-state index contributed by atoms with van der Waals surface area (Å²) in [5.41, 5.74) is -1.51. The van der Waals surface area contributed by atoms with E-state index in [0.29, 0.717) is 40.5 Å². The molecule has 2 aliphatic carbocycles. The molecule has 3 aliphatic rings. The molecule has 0 amide bonds. The normalized spacial score (nSPS) is 31.8. The zero-order chi connectivity index (χ0) is 20.1. The molecular weight excluding hydrogens is 366 g/mol. The van der Waals surface area contributed by atoms with Crippen LogP contribution in [0.25, 0.3) is 11.3 Å². The van der Waals surface area contributed by atoms with E-state index in [2.05, 4.69) is 5.16 Å². The van der Waals surface area contributed by atoms with Crippen molar-refractivity contribution in [1.82, 2.24) is 5.16 Å². The first-order chi connectivity index (χ1) is 13.1. The van der Waals surface area contributed by atoms with E-state index in [-0.39, 0.29) is 5.56 Å². The van der Waals surface area contributed by atoms with Gasteiger partial charge in [-0.1, -0.05) is 5.16 Å². The lowest BCUT2D eigenvalue weighted by molar-refractivity contribution is -0.167. The van der Waals surface area contributed by atoms with Crippen LogP contribution in [0.3, 0.4) is 0 Å². The van der Waals surface area contributed by atoms with Crippen LogP contribution in [0.2, 0.25) is 0 Å². The van der Waals surface area contributed by atoms with Gasteiger partial charge in [-0.05, 0) is 26.8 Å². The average Bonchev–Trinajstić information content (AvgIpc) is 3.16. The van der Waals surface area contributed by atoms with Crippen molar-refractivity contribution in [3.05, 3.63) is 29.0 Å². The Kier molecular flexibility index (Phi) is 3.24. The van der Waals surface area contributed by atoms with Crippen molar-refractivity contribution in [3.63, 3.8) is 0 Å². The summed E-state index contributed by atoms with van der Waals surface area (Å²) in [4.78, 5) is 13.7. The van der Waals surface area contributed by atoms with Gasteiger partial charge < -0.3 is 28.6 Å². The minimum atomic E-state index is -1.99. The molecule has 2 heterocycles. The summed E-state index contributed by atoms with van der Waals surface area (Å²) in [7, 11) is 3.00. The number of ketones is 1. The standard InChI is InChI=1S/C20H21NO7/c1-18(2)26-17-19(3,28-18)8-12-14-15(21-27-12)13-10(16(22)20(14,17)23)6-9(24-4)7-11(13)25-5/h6-7,17,23H,8H2,1-5H3/t17-,19-,20+/m1/s1. The van der Waals surface area contributed by atoms with E-state index in [1.807, 2.05) is 6.92 Å². The summed E-state index contributed by atoms with van der Waals surface area (Å²) in [5.74, 6) is -0.220. The van der Waals surface area contributed by atoms with Gasteiger partial charge >= 0.3 is 0 Å². The number of hydrogen-bond donors (Lipinski definition) is 1. The Morgan fingerprint density at radius 3 is 2.64 bits per heavy atom. The third-order valence-electron chi connectivity index (χ3n) is 5.83. The predicted octanol–water partition coefficient (Wildman–Crippen LogP) is 2.21. The number of methoxy groups -OCH3 is 2. The van der Waals surface area contributed by atoms with Gasteiger partial charge in [-0.3, -0.25) is 4.79 Å². The first-order valence-electron chi connectivity index (χ1n) is 9.05. The van der Waals surface area contributed by atoms with Crippen LogP contribution < -0.4 is 9.47 Å². The highest BCUT2D eigenvalue weighted by molar-refractivity contribution is 6.13. The smallest absolute Gasteiger partial charge is 0.202 e. The van der Waals surface area contributed by atoms with E-state index in [4.69, 9.17) is 23.5 Å². The van der Waals surface area contributed by atoms with Crippen LogP contribution in [0.5, 0.6) is 11.5 Å². The van der Waals surface area contributed by atoms with Crippen LogP contribution in [0.1, 0.15) is 42.5 Å².